The highest BCUT2D eigenvalue weighted by Gasteiger charge is 2.20. The third kappa shape index (κ3) is 4.58. The van der Waals surface area contributed by atoms with Crippen molar-refractivity contribution in [2.45, 2.75) is 11.3 Å². The van der Waals surface area contributed by atoms with Gasteiger partial charge in [0.15, 0.2) is 0 Å². The zero-order valence-corrected chi connectivity index (χ0v) is 15.9. The van der Waals surface area contributed by atoms with Gasteiger partial charge in [-0.05, 0) is 50.3 Å². The molecule has 1 aliphatic heterocycles. The summed E-state index contributed by atoms with van der Waals surface area (Å²) in [5.74, 6) is -1.17. The van der Waals surface area contributed by atoms with Gasteiger partial charge in [-0.15, -0.1) is 0 Å². The second kappa shape index (κ2) is 7.98. The molecule has 3 rings (SSSR count). The molecule has 0 bridgehead atoms. The van der Waals surface area contributed by atoms with Crippen molar-refractivity contribution in [1.82, 2.24) is 4.90 Å². The predicted octanol–water partition coefficient (Wildman–Crippen LogP) is 2.33. The molecule has 1 aliphatic rings. The second-order valence-corrected chi connectivity index (χ2v) is 8.28. The van der Waals surface area contributed by atoms with Gasteiger partial charge in [0.25, 0.3) is 10.0 Å². The van der Waals surface area contributed by atoms with Crippen molar-refractivity contribution in [2.24, 2.45) is 0 Å². The van der Waals surface area contributed by atoms with Crippen molar-refractivity contribution in [3.05, 3.63) is 54.1 Å². The first-order valence-corrected chi connectivity index (χ1v) is 10.2. The molecule has 0 atom stereocenters. The van der Waals surface area contributed by atoms with Crippen LogP contribution in [0.1, 0.15) is 16.8 Å². The van der Waals surface area contributed by atoms with Gasteiger partial charge in [0, 0.05) is 25.3 Å². The molecule has 0 aliphatic carbocycles. The average molecular weight is 389 g/mol. The number of carboxylic acid groups (broad SMARTS) is 1. The summed E-state index contributed by atoms with van der Waals surface area (Å²) >= 11 is 0. The topological polar surface area (TPSA) is 90.0 Å². The average Bonchev–Trinajstić information content (AvgIpc) is 2.87. The van der Waals surface area contributed by atoms with Gasteiger partial charge >= 0.3 is 5.97 Å². The summed E-state index contributed by atoms with van der Waals surface area (Å²) in [6, 6.07) is 12.7. The number of carbonyl (C=O) groups is 1. The number of nitrogens with zero attached hydrogens (tertiary/aromatic N) is 2. The Kier molecular flexibility index (Phi) is 5.67. The monoisotopic (exact) mass is 389 g/mol. The number of hydrogen-bond donors (Lipinski definition) is 2. The molecular formula is C19H23N3O4S. The first-order chi connectivity index (χ1) is 12.9. The fourth-order valence-electron chi connectivity index (χ4n) is 3.10. The smallest absolute Gasteiger partial charge is 0.337 e. The van der Waals surface area contributed by atoms with Crippen LogP contribution < -0.4 is 9.62 Å². The van der Waals surface area contributed by atoms with Gasteiger partial charge in [0.1, 0.15) is 0 Å². The molecule has 0 radical (unpaired) electrons. The third-order valence-corrected chi connectivity index (χ3v) is 6.00. The van der Waals surface area contributed by atoms with Crippen LogP contribution in [-0.2, 0) is 10.0 Å². The zero-order valence-electron chi connectivity index (χ0n) is 15.1. The second-order valence-electron chi connectivity index (χ2n) is 6.60. The van der Waals surface area contributed by atoms with E-state index >= 15 is 0 Å². The van der Waals surface area contributed by atoms with Crippen molar-refractivity contribution in [3.8, 4) is 0 Å². The van der Waals surface area contributed by atoms with Crippen LogP contribution in [0.25, 0.3) is 0 Å². The van der Waals surface area contributed by atoms with Gasteiger partial charge in [0.05, 0.1) is 16.1 Å². The van der Waals surface area contributed by atoms with E-state index in [0.29, 0.717) is 0 Å². The maximum absolute atomic E-state index is 12.5. The van der Waals surface area contributed by atoms with E-state index in [1.54, 1.807) is 24.3 Å². The van der Waals surface area contributed by atoms with Gasteiger partial charge < -0.3 is 14.9 Å². The molecule has 2 aromatic carbocycles. The number of nitrogens with one attached hydrogen (secondary N) is 1. The maximum atomic E-state index is 12.5. The van der Waals surface area contributed by atoms with Crippen LogP contribution in [-0.4, -0.2) is 57.6 Å². The van der Waals surface area contributed by atoms with Crippen molar-refractivity contribution >= 4 is 27.4 Å². The summed E-state index contributed by atoms with van der Waals surface area (Å²) in [5.41, 5.74) is 0.775. The lowest BCUT2D eigenvalue weighted by Crippen LogP contribution is -2.29. The first-order valence-electron chi connectivity index (χ1n) is 8.75. The van der Waals surface area contributed by atoms with Crippen molar-refractivity contribution < 1.29 is 18.3 Å². The summed E-state index contributed by atoms with van der Waals surface area (Å²) in [7, 11) is -1.79. The standard InChI is InChI=1S/C19H23N3O4S/c1-21-10-5-11-22(13-12-21)15-8-9-18(17(14-15)19(23)24)20-27(25,26)16-6-3-2-4-7-16/h2-4,6-9,14,20H,5,10-13H2,1H3,(H,23,24). The van der Waals surface area contributed by atoms with E-state index in [4.69, 9.17) is 0 Å². The minimum absolute atomic E-state index is 0.0574. The number of sulfonamides is 1. The van der Waals surface area contributed by atoms with Crippen LogP contribution in [0.3, 0.4) is 0 Å². The Morgan fingerprint density at radius 3 is 2.48 bits per heavy atom. The molecule has 0 amide bonds. The van der Waals surface area contributed by atoms with Crippen LogP contribution in [0.15, 0.2) is 53.4 Å². The van der Waals surface area contributed by atoms with E-state index in [1.165, 1.54) is 24.3 Å². The van der Waals surface area contributed by atoms with Crippen LogP contribution in [0.5, 0.6) is 0 Å². The summed E-state index contributed by atoms with van der Waals surface area (Å²) in [4.78, 5) is 16.2. The zero-order chi connectivity index (χ0) is 19.4. The molecule has 8 heteroatoms. The number of aromatic carboxylic acids is 1. The van der Waals surface area contributed by atoms with Crippen molar-refractivity contribution in [2.75, 3.05) is 42.8 Å². The quantitative estimate of drug-likeness (QED) is 0.816. The molecule has 7 nitrogen and oxygen atoms in total. The minimum atomic E-state index is -3.85. The Balaban J connectivity index is 1.89. The highest BCUT2D eigenvalue weighted by molar-refractivity contribution is 7.92. The van der Waals surface area contributed by atoms with Gasteiger partial charge in [-0.25, -0.2) is 13.2 Å². The summed E-state index contributed by atoms with van der Waals surface area (Å²) in [6.45, 7) is 3.52. The van der Waals surface area contributed by atoms with Gasteiger partial charge in [-0.1, -0.05) is 18.2 Å². The Bertz CT molecular complexity index is 916. The van der Waals surface area contributed by atoms with Crippen LogP contribution in [0, 0.1) is 0 Å². The molecule has 1 saturated heterocycles. The molecule has 2 aromatic rings. The largest absolute Gasteiger partial charge is 0.478 e. The number of carboxylic acids is 1. The van der Waals surface area contributed by atoms with Crippen LogP contribution in [0.2, 0.25) is 0 Å². The predicted molar refractivity (Wildman–Crippen MR) is 105 cm³/mol. The Labute approximate surface area is 159 Å². The van der Waals surface area contributed by atoms with E-state index in [-0.39, 0.29) is 16.1 Å². The molecule has 2 N–H and O–H groups in total. The van der Waals surface area contributed by atoms with E-state index < -0.39 is 16.0 Å². The molecule has 0 unspecified atom stereocenters. The van der Waals surface area contributed by atoms with Gasteiger partial charge in [-0.2, -0.15) is 0 Å². The first kappa shape index (κ1) is 19.2. The Hall–Kier alpha value is -2.58. The summed E-state index contributed by atoms with van der Waals surface area (Å²) in [5, 5.41) is 9.59. The number of rotatable bonds is 5. The minimum Gasteiger partial charge on any atom is -0.478 e. The van der Waals surface area contributed by atoms with Gasteiger partial charge in [0.2, 0.25) is 0 Å². The van der Waals surface area contributed by atoms with E-state index in [9.17, 15) is 18.3 Å². The summed E-state index contributed by atoms with van der Waals surface area (Å²) in [6.07, 6.45) is 0.987. The van der Waals surface area contributed by atoms with E-state index in [1.807, 2.05) is 0 Å². The number of benzene rings is 2. The Morgan fingerprint density at radius 1 is 1.04 bits per heavy atom. The van der Waals surface area contributed by atoms with Crippen LogP contribution in [0.4, 0.5) is 11.4 Å². The number of likely N-dealkylation sites (N-methyl/N-ethyl adjacent to an activating group) is 1. The lowest BCUT2D eigenvalue weighted by Gasteiger charge is -2.24. The van der Waals surface area contributed by atoms with Crippen molar-refractivity contribution in [3.63, 3.8) is 0 Å². The van der Waals surface area contributed by atoms with E-state index in [2.05, 4.69) is 21.6 Å². The SMILES string of the molecule is CN1CCCN(c2ccc(NS(=O)(=O)c3ccccc3)c(C(=O)O)c2)CC1. The van der Waals surface area contributed by atoms with E-state index in [0.717, 1.165) is 38.3 Å². The maximum Gasteiger partial charge on any atom is 0.337 e. The summed E-state index contributed by atoms with van der Waals surface area (Å²) < 4.78 is 27.4. The molecule has 0 aromatic heterocycles. The fraction of sp³-hybridized carbons (Fsp3) is 0.316. The number of anilines is 2. The highest BCUT2D eigenvalue weighted by Crippen LogP contribution is 2.26. The lowest BCUT2D eigenvalue weighted by atomic mass is 10.1. The fourth-order valence-corrected chi connectivity index (χ4v) is 4.20. The molecular weight excluding hydrogens is 366 g/mol. The molecule has 1 fully saturated rings. The molecule has 27 heavy (non-hydrogen) atoms. The molecule has 1 heterocycles. The lowest BCUT2D eigenvalue weighted by molar-refractivity contribution is 0.0698. The van der Waals surface area contributed by atoms with Crippen LogP contribution >= 0.6 is 0 Å². The molecule has 144 valence electrons. The van der Waals surface area contributed by atoms with Gasteiger partial charge in [-0.3, -0.25) is 4.72 Å². The van der Waals surface area contributed by atoms with Crippen molar-refractivity contribution in [1.29, 1.82) is 0 Å². The third-order valence-electron chi connectivity index (χ3n) is 4.62. The number of hydrogen-bond acceptors (Lipinski definition) is 5. The molecule has 0 saturated carbocycles. The highest BCUT2D eigenvalue weighted by atomic mass is 32.2. The molecule has 0 spiro atoms. The Morgan fingerprint density at radius 2 is 1.78 bits per heavy atom. The normalized spacial score (nSPS) is 16.0.